The van der Waals surface area contributed by atoms with Gasteiger partial charge < -0.3 is 5.32 Å². The van der Waals surface area contributed by atoms with E-state index in [9.17, 15) is 0 Å². The van der Waals surface area contributed by atoms with Gasteiger partial charge in [0.1, 0.15) is 0 Å². The first-order valence-corrected chi connectivity index (χ1v) is 9.24. The molecular formula is C18H26N2S. The predicted octanol–water partition coefficient (Wildman–Crippen LogP) is 4.79. The van der Waals surface area contributed by atoms with Crippen molar-refractivity contribution in [1.29, 1.82) is 0 Å². The van der Waals surface area contributed by atoms with Crippen molar-refractivity contribution in [2.45, 2.75) is 57.9 Å². The van der Waals surface area contributed by atoms with Crippen LogP contribution in [0.4, 0.5) is 0 Å². The summed E-state index contributed by atoms with van der Waals surface area (Å²) < 4.78 is 1.32. The molecule has 1 aromatic carbocycles. The minimum absolute atomic E-state index is 0.596. The van der Waals surface area contributed by atoms with Crippen LogP contribution >= 0.6 is 11.3 Å². The number of nitrogens with one attached hydrogen (secondary N) is 1. The Bertz CT molecular complexity index is 524. The molecule has 3 rings (SSSR count). The second kappa shape index (κ2) is 7.37. The first kappa shape index (κ1) is 15.0. The molecule has 0 aliphatic heterocycles. The molecule has 0 spiro atoms. The third kappa shape index (κ3) is 4.04. The maximum Gasteiger partial charge on any atom is 0.0954 e. The van der Waals surface area contributed by atoms with Crippen LogP contribution < -0.4 is 5.32 Å². The maximum absolute atomic E-state index is 4.81. The largest absolute Gasteiger partial charge is 0.314 e. The van der Waals surface area contributed by atoms with E-state index in [0.29, 0.717) is 6.04 Å². The number of thiazole rings is 1. The molecule has 3 heteroatoms. The van der Waals surface area contributed by atoms with Crippen molar-refractivity contribution < 1.29 is 0 Å². The average molecular weight is 302 g/mol. The lowest BCUT2D eigenvalue weighted by Gasteiger charge is -2.26. The minimum atomic E-state index is 0.596. The van der Waals surface area contributed by atoms with Gasteiger partial charge in [0.05, 0.1) is 15.2 Å². The van der Waals surface area contributed by atoms with E-state index in [1.807, 2.05) is 11.3 Å². The Morgan fingerprint density at radius 3 is 2.81 bits per heavy atom. The molecule has 0 bridgehead atoms. The predicted molar refractivity (Wildman–Crippen MR) is 92.0 cm³/mol. The Kier molecular flexibility index (Phi) is 5.26. The van der Waals surface area contributed by atoms with Crippen LogP contribution in [0.2, 0.25) is 0 Å². The van der Waals surface area contributed by atoms with E-state index in [0.717, 1.165) is 24.4 Å². The summed E-state index contributed by atoms with van der Waals surface area (Å²) in [6.07, 6.45) is 9.59. The fourth-order valence-electron chi connectivity index (χ4n) is 3.57. The van der Waals surface area contributed by atoms with Crippen LogP contribution in [0.25, 0.3) is 10.2 Å². The highest BCUT2D eigenvalue weighted by Gasteiger charge is 2.19. The highest BCUT2D eigenvalue weighted by atomic mass is 32.1. The molecular weight excluding hydrogens is 276 g/mol. The number of aromatic nitrogens is 1. The lowest BCUT2D eigenvalue weighted by molar-refractivity contribution is 0.298. The smallest absolute Gasteiger partial charge is 0.0954 e. The summed E-state index contributed by atoms with van der Waals surface area (Å²) in [6, 6.07) is 9.08. The number of hydrogen-bond donors (Lipinski definition) is 1. The van der Waals surface area contributed by atoms with Gasteiger partial charge in [-0.2, -0.15) is 0 Å². The van der Waals surface area contributed by atoms with Crippen molar-refractivity contribution in [2.24, 2.45) is 5.92 Å². The standard InChI is InChI=1S/C18H26N2S/c1-2-19-15(12-14-8-4-3-5-9-14)13-18-20-16-10-6-7-11-17(16)21-18/h6-7,10-11,14-15,19H,2-5,8-9,12-13H2,1H3. The summed E-state index contributed by atoms with van der Waals surface area (Å²) in [5, 5.41) is 4.98. The molecule has 0 saturated heterocycles. The van der Waals surface area contributed by atoms with E-state index in [1.54, 1.807) is 0 Å². The van der Waals surface area contributed by atoms with Crippen LogP contribution in [0, 0.1) is 5.92 Å². The fraction of sp³-hybridized carbons (Fsp3) is 0.611. The third-order valence-electron chi connectivity index (χ3n) is 4.59. The van der Waals surface area contributed by atoms with E-state index < -0.39 is 0 Å². The van der Waals surface area contributed by atoms with Crippen LogP contribution in [0.3, 0.4) is 0 Å². The molecule has 1 unspecified atom stereocenters. The summed E-state index contributed by atoms with van der Waals surface area (Å²) in [5.74, 6) is 0.928. The van der Waals surface area contributed by atoms with Crippen molar-refractivity contribution in [1.82, 2.24) is 10.3 Å². The van der Waals surface area contributed by atoms with E-state index in [-0.39, 0.29) is 0 Å². The van der Waals surface area contributed by atoms with Crippen molar-refractivity contribution in [3.63, 3.8) is 0 Å². The van der Waals surface area contributed by atoms with Crippen LogP contribution in [-0.4, -0.2) is 17.6 Å². The molecule has 2 aromatic rings. The van der Waals surface area contributed by atoms with Gasteiger partial charge in [0.15, 0.2) is 0 Å². The maximum atomic E-state index is 4.81. The molecule has 1 atom stereocenters. The highest BCUT2D eigenvalue weighted by molar-refractivity contribution is 7.18. The van der Waals surface area contributed by atoms with Gasteiger partial charge in [-0.25, -0.2) is 4.98 Å². The van der Waals surface area contributed by atoms with E-state index in [1.165, 1.54) is 48.2 Å². The fourth-order valence-corrected chi connectivity index (χ4v) is 4.62. The summed E-state index contributed by atoms with van der Waals surface area (Å²) in [6.45, 7) is 3.27. The Hall–Kier alpha value is -0.930. The quantitative estimate of drug-likeness (QED) is 0.830. The van der Waals surface area contributed by atoms with Crippen LogP contribution in [0.5, 0.6) is 0 Å². The second-order valence-electron chi connectivity index (χ2n) is 6.27. The van der Waals surface area contributed by atoms with E-state index in [4.69, 9.17) is 4.98 Å². The number of nitrogens with zero attached hydrogens (tertiary/aromatic N) is 1. The zero-order chi connectivity index (χ0) is 14.5. The van der Waals surface area contributed by atoms with Gasteiger partial charge in [-0.05, 0) is 31.0 Å². The molecule has 1 saturated carbocycles. The Morgan fingerprint density at radius 1 is 1.24 bits per heavy atom. The lowest BCUT2D eigenvalue weighted by Crippen LogP contribution is -2.33. The zero-order valence-corrected chi connectivity index (χ0v) is 13.8. The van der Waals surface area contributed by atoms with Gasteiger partial charge in [-0.1, -0.05) is 51.2 Å². The molecule has 1 aliphatic rings. The van der Waals surface area contributed by atoms with Gasteiger partial charge in [-0.3, -0.25) is 0 Å². The molecule has 1 aliphatic carbocycles. The van der Waals surface area contributed by atoms with Crippen molar-refractivity contribution >= 4 is 21.6 Å². The van der Waals surface area contributed by atoms with Gasteiger partial charge in [0, 0.05) is 12.5 Å². The van der Waals surface area contributed by atoms with Gasteiger partial charge in [0.25, 0.3) is 0 Å². The van der Waals surface area contributed by atoms with Gasteiger partial charge in [0.2, 0.25) is 0 Å². The van der Waals surface area contributed by atoms with Crippen molar-refractivity contribution in [3.8, 4) is 0 Å². The third-order valence-corrected chi connectivity index (χ3v) is 5.65. The molecule has 0 radical (unpaired) electrons. The first-order chi connectivity index (χ1) is 10.3. The summed E-state index contributed by atoms with van der Waals surface area (Å²) in [5.41, 5.74) is 1.16. The normalized spacial score (nSPS) is 18.1. The Balaban J connectivity index is 1.65. The molecule has 114 valence electrons. The molecule has 1 fully saturated rings. The molecule has 21 heavy (non-hydrogen) atoms. The van der Waals surface area contributed by atoms with Crippen LogP contribution in [0.15, 0.2) is 24.3 Å². The molecule has 2 nitrogen and oxygen atoms in total. The summed E-state index contributed by atoms with van der Waals surface area (Å²) in [7, 11) is 0. The first-order valence-electron chi connectivity index (χ1n) is 8.43. The van der Waals surface area contributed by atoms with Crippen molar-refractivity contribution in [2.75, 3.05) is 6.54 Å². The summed E-state index contributed by atoms with van der Waals surface area (Å²) in [4.78, 5) is 4.81. The number of para-hydroxylation sites is 1. The number of hydrogen-bond acceptors (Lipinski definition) is 3. The SMILES string of the molecule is CCNC(Cc1nc2ccccc2s1)CC1CCCCC1. The van der Waals surface area contributed by atoms with Crippen LogP contribution in [0.1, 0.15) is 50.5 Å². The average Bonchev–Trinajstić information content (AvgIpc) is 2.90. The molecule has 1 heterocycles. The number of rotatable bonds is 6. The summed E-state index contributed by atoms with van der Waals surface area (Å²) >= 11 is 1.86. The topological polar surface area (TPSA) is 24.9 Å². The van der Waals surface area contributed by atoms with Crippen molar-refractivity contribution in [3.05, 3.63) is 29.3 Å². The van der Waals surface area contributed by atoms with Gasteiger partial charge in [-0.15, -0.1) is 11.3 Å². The zero-order valence-electron chi connectivity index (χ0n) is 13.0. The highest BCUT2D eigenvalue weighted by Crippen LogP contribution is 2.29. The Morgan fingerprint density at radius 2 is 2.05 bits per heavy atom. The van der Waals surface area contributed by atoms with Gasteiger partial charge >= 0.3 is 0 Å². The minimum Gasteiger partial charge on any atom is -0.314 e. The van der Waals surface area contributed by atoms with Crippen LogP contribution in [-0.2, 0) is 6.42 Å². The molecule has 0 amide bonds. The Labute approximate surface area is 132 Å². The van der Waals surface area contributed by atoms with E-state index in [2.05, 4.69) is 36.5 Å². The monoisotopic (exact) mass is 302 g/mol. The number of benzene rings is 1. The van der Waals surface area contributed by atoms with E-state index >= 15 is 0 Å². The lowest BCUT2D eigenvalue weighted by atomic mass is 9.84. The number of fused-ring (bicyclic) bond motifs is 1. The number of likely N-dealkylation sites (N-methyl/N-ethyl adjacent to an activating group) is 1. The molecule has 1 aromatic heterocycles. The molecule has 1 N–H and O–H groups in total. The second-order valence-corrected chi connectivity index (χ2v) is 7.39.